The average molecular weight is 325 g/mol. The van der Waals surface area contributed by atoms with Gasteiger partial charge >= 0.3 is 0 Å². The maximum Gasteiger partial charge on any atom is 0.253 e. The van der Waals surface area contributed by atoms with Gasteiger partial charge < -0.3 is 9.80 Å². The zero-order valence-corrected chi connectivity index (χ0v) is 13.4. The number of likely N-dealkylation sites (tertiary alicyclic amines) is 1. The first-order chi connectivity index (χ1) is 11.7. The van der Waals surface area contributed by atoms with Crippen LogP contribution in [0, 0.1) is 17.7 Å². The van der Waals surface area contributed by atoms with Crippen LogP contribution in [0.25, 0.3) is 0 Å². The lowest BCUT2D eigenvalue weighted by Crippen LogP contribution is -2.40. The predicted molar refractivity (Wildman–Crippen MR) is 90.4 cm³/mol. The summed E-state index contributed by atoms with van der Waals surface area (Å²) in [4.78, 5) is 21.1. The third-order valence-corrected chi connectivity index (χ3v) is 5.19. The van der Waals surface area contributed by atoms with Gasteiger partial charge in [-0.2, -0.15) is 0 Å². The van der Waals surface area contributed by atoms with Crippen molar-refractivity contribution in [3.05, 3.63) is 60.2 Å². The molecule has 3 heterocycles. The normalized spacial score (nSPS) is 23.2. The Morgan fingerprint density at radius 1 is 1.08 bits per heavy atom. The minimum Gasteiger partial charge on any atom is -0.370 e. The number of carbonyl (C=O) groups is 1. The lowest BCUT2D eigenvalue weighted by atomic mass is 9.88. The first-order valence-electron chi connectivity index (χ1n) is 8.40. The number of hydrogen-bond donors (Lipinski definition) is 0. The van der Waals surface area contributed by atoms with E-state index in [1.807, 2.05) is 17.2 Å². The molecule has 0 bridgehead atoms. The maximum absolute atomic E-state index is 13.0. The Bertz CT molecular complexity index is 719. The maximum atomic E-state index is 13.0. The third kappa shape index (κ3) is 2.86. The van der Waals surface area contributed by atoms with Crippen molar-refractivity contribution in [2.75, 3.05) is 31.1 Å². The number of halogens is 1. The van der Waals surface area contributed by atoms with Gasteiger partial charge in [0, 0.05) is 37.9 Å². The molecule has 2 aromatic rings. The minimum absolute atomic E-state index is 0.0114. The van der Waals surface area contributed by atoms with E-state index in [-0.39, 0.29) is 11.7 Å². The zero-order valence-electron chi connectivity index (χ0n) is 13.4. The van der Waals surface area contributed by atoms with Crippen molar-refractivity contribution >= 4 is 11.6 Å². The van der Waals surface area contributed by atoms with Gasteiger partial charge in [0.2, 0.25) is 0 Å². The molecule has 2 saturated heterocycles. The Morgan fingerprint density at radius 3 is 2.62 bits per heavy atom. The van der Waals surface area contributed by atoms with Crippen LogP contribution in [-0.4, -0.2) is 42.0 Å². The quantitative estimate of drug-likeness (QED) is 0.852. The Balaban J connectivity index is 1.44. The molecule has 0 saturated carbocycles. The number of carbonyl (C=O) groups excluding carboxylic acids is 1. The summed E-state index contributed by atoms with van der Waals surface area (Å²) < 4.78 is 13.0. The summed E-state index contributed by atoms with van der Waals surface area (Å²) in [5, 5.41) is 0. The van der Waals surface area contributed by atoms with E-state index >= 15 is 0 Å². The van der Waals surface area contributed by atoms with Crippen molar-refractivity contribution in [1.82, 2.24) is 9.88 Å². The second kappa shape index (κ2) is 6.23. The fourth-order valence-corrected chi connectivity index (χ4v) is 3.88. The molecule has 0 N–H and O–H groups in total. The lowest BCUT2D eigenvalue weighted by Gasteiger charge is -2.35. The Labute approximate surface area is 140 Å². The summed E-state index contributed by atoms with van der Waals surface area (Å²) in [7, 11) is 0. The first kappa shape index (κ1) is 15.1. The van der Waals surface area contributed by atoms with Crippen LogP contribution in [0.3, 0.4) is 0 Å². The molecule has 2 fully saturated rings. The van der Waals surface area contributed by atoms with Crippen LogP contribution < -0.4 is 4.90 Å². The van der Waals surface area contributed by atoms with E-state index < -0.39 is 0 Å². The summed E-state index contributed by atoms with van der Waals surface area (Å²) in [6.07, 6.45) is 4.78. The van der Waals surface area contributed by atoms with Gasteiger partial charge in [-0.25, -0.2) is 4.39 Å². The van der Waals surface area contributed by atoms with Crippen LogP contribution in [0.4, 0.5) is 10.1 Å². The largest absolute Gasteiger partial charge is 0.370 e. The van der Waals surface area contributed by atoms with E-state index in [0.29, 0.717) is 17.4 Å². The summed E-state index contributed by atoms with van der Waals surface area (Å²) in [5.74, 6) is 0.747. The molecule has 0 unspecified atom stereocenters. The van der Waals surface area contributed by atoms with Crippen molar-refractivity contribution in [2.45, 2.75) is 6.42 Å². The van der Waals surface area contributed by atoms with Crippen LogP contribution in [0.5, 0.6) is 0 Å². The molecule has 0 radical (unpaired) electrons. The van der Waals surface area contributed by atoms with Crippen molar-refractivity contribution in [1.29, 1.82) is 0 Å². The number of fused-ring (bicyclic) bond motifs is 1. The minimum atomic E-state index is -0.311. The molecule has 4 nitrogen and oxygen atoms in total. The summed E-state index contributed by atoms with van der Waals surface area (Å²) in [6, 6.07) is 9.88. The van der Waals surface area contributed by atoms with Gasteiger partial charge in [-0.3, -0.25) is 9.78 Å². The van der Waals surface area contributed by atoms with Crippen LogP contribution in [0.15, 0.2) is 48.8 Å². The number of anilines is 1. The van der Waals surface area contributed by atoms with Crippen LogP contribution in [-0.2, 0) is 0 Å². The number of hydrogen-bond acceptors (Lipinski definition) is 3. The predicted octanol–water partition coefficient (Wildman–Crippen LogP) is 2.82. The molecule has 0 spiro atoms. The molecule has 4 rings (SSSR count). The highest BCUT2D eigenvalue weighted by Gasteiger charge is 2.39. The van der Waals surface area contributed by atoms with Gasteiger partial charge in [0.25, 0.3) is 5.91 Å². The highest BCUT2D eigenvalue weighted by atomic mass is 19.1. The molecular weight excluding hydrogens is 305 g/mol. The van der Waals surface area contributed by atoms with Crippen LogP contribution >= 0.6 is 0 Å². The standard InChI is InChI=1S/C19H20FN3O/c20-17-5-3-14(4-6-17)19(24)23-11-15-7-9-22(12-16(15)13-23)18-2-1-8-21-10-18/h1-6,8,10,15-16H,7,9,11-13H2/t15-,16+/m0/s1. The molecule has 0 aliphatic carbocycles. The third-order valence-electron chi connectivity index (χ3n) is 5.19. The van der Waals surface area contributed by atoms with Gasteiger partial charge in [-0.05, 0) is 54.7 Å². The summed E-state index contributed by atoms with van der Waals surface area (Å²) in [6.45, 7) is 3.55. The van der Waals surface area contributed by atoms with Crippen LogP contribution in [0.2, 0.25) is 0 Å². The fourth-order valence-electron chi connectivity index (χ4n) is 3.88. The molecular formula is C19H20FN3O. The second-order valence-electron chi connectivity index (χ2n) is 6.68. The Morgan fingerprint density at radius 2 is 1.88 bits per heavy atom. The molecule has 1 aromatic carbocycles. The number of amides is 1. The first-order valence-corrected chi connectivity index (χ1v) is 8.40. The van der Waals surface area contributed by atoms with Crippen molar-refractivity contribution in [3.8, 4) is 0 Å². The van der Waals surface area contributed by atoms with Gasteiger partial charge in [-0.1, -0.05) is 0 Å². The van der Waals surface area contributed by atoms with Gasteiger partial charge in [0.1, 0.15) is 5.82 Å². The number of nitrogens with zero attached hydrogens (tertiary/aromatic N) is 3. The lowest BCUT2D eigenvalue weighted by molar-refractivity contribution is 0.0784. The zero-order chi connectivity index (χ0) is 16.5. The smallest absolute Gasteiger partial charge is 0.253 e. The van der Waals surface area contributed by atoms with Crippen LogP contribution in [0.1, 0.15) is 16.8 Å². The molecule has 2 aliphatic rings. The molecule has 124 valence electrons. The van der Waals surface area contributed by atoms with Crippen molar-refractivity contribution in [3.63, 3.8) is 0 Å². The van der Waals surface area contributed by atoms with Crippen molar-refractivity contribution < 1.29 is 9.18 Å². The number of piperidine rings is 1. The Hall–Kier alpha value is -2.43. The molecule has 1 amide bonds. The van der Waals surface area contributed by atoms with Gasteiger partial charge in [0.05, 0.1) is 11.9 Å². The van der Waals surface area contributed by atoms with E-state index in [4.69, 9.17) is 0 Å². The topological polar surface area (TPSA) is 36.4 Å². The van der Waals surface area contributed by atoms with E-state index in [1.54, 1.807) is 18.3 Å². The van der Waals surface area contributed by atoms with E-state index in [2.05, 4.69) is 16.0 Å². The van der Waals surface area contributed by atoms with E-state index in [1.165, 1.54) is 12.1 Å². The van der Waals surface area contributed by atoms with Crippen molar-refractivity contribution in [2.24, 2.45) is 11.8 Å². The number of pyridine rings is 1. The number of rotatable bonds is 2. The molecule has 24 heavy (non-hydrogen) atoms. The SMILES string of the molecule is O=C(c1ccc(F)cc1)N1C[C@@H]2CCN(c3cccnc3)C[C@@H]2C1. The highest BCUT2D eigenvalue weighted by molar-refractivity contribution is 5.94. The number of aromatic nitrogens is 1. The van der Waals surface area contributed by atoms with Gasteiger partial charge in [-0.15, -0.1) is 0 Å². The molecule has 2 atom stereocenters. The molecule has 2 aliphatic heterocycles. The molecule has 1 aromatic heterocycles. The highest BCUT2D eigenvalue weighted by Crippen LogP contribution is 2.33. The average Bonchev–Trinajstić information content (AvgIpc) is 3.06. The van der Waals surface area contributed by atoms with E-state index in [0.717, 1.165) is 38.3 Å². The van der Waals surface area contributed by atoms with Gasteiger partial charge in [0.15, 0.2) is 0 Å². The summed E-state index contributed by atoms with van der Waals surface area (Å²) >= 11 is 0. The molecule has 5 heteroatoms. The van der Waals surface area contributed by atoms with E-state index in [9.17, 15) is 9.18 Å². The number of benzene rings is 1. The fraction of sp³-hybridized carbons (Fsp3) is 0.368. The summed E-state index contributed by atoms with van der Waals surface area (Å²) in [5.41, 5.74) is 1.72. The second-order valence-corrected chi connectivity index (χ2v) is 6.68. The monoisotopic (exact) mass is 325 g/mol. The Kier molecular flexibility index (Phi) is 3.92.